The first-order chi connectivity index (χ1) is 14.9. The van der Waals surface area contributed by atoms with Crippen molar-refractivity contribution in [1.82, 2.24) is 14.5 Å². The average Bonchev–Trinajstić information content (AvgIpc) is 2.82. The van der Waals surface area contributed by atoms with E-state index in [0.717, 1.165) is 25.7 Å². The van der Waals surface area contributed by atoms with Crippen LogP contribution in [0.2, 0.25) is 0 Å². The highest BCUT2D eigenvalue weighted by molar-refractivity contribution is 7.89. The van der Waals surface area contributed by atoms with Crippen LogP contribution in [0.4, 0.5) is 0 Å². The van der Waals surface area contributed by atoms with Crippen molar-refractivity contribution in [3.63, 3.8) is 0 Å². The number of amides is 2. The molecule has 1 N–H and O–H groups in total. The van der Waals surface area contributed by atoms with Gasteiger partial charge in [0, 0.05) is 38.2 Å². The van der Waals surface area contributed by atoms with Gasteiger partial charge in [0.2, 0.25) is 21.8 Å². The molecule has 0 aromatic heterocycles. The second-order valence-electron chi connectivity index (χ2n) is 8.14. The number of nitrogens with zero attached hydrogens (tertiary/aromatic N) is 2. The van der Waals surface area contributed by atoms with Gasteiger partial charge in [-0.2, -0.15) is 4.31 Å². The third kappa shape index (κ3) is 4.95. The van der Waals surface area contributed by atoms with E-state index in [9.17, 15) is 18.0 Å². The molecule has 2 amide bonds. The molecule has 2 fully saturated rings. The molecule has 0 spiro atoms. The van der Waals surface area contributed by atoms with Gasteiger partial charge in [0.25, 0.3) is 0 Å². The summed E-state index contributed by atoms with van der Waals surface area (Å²) in [5, 5.41) is 2.76. The molecule has 3 aliphatic rings. The Morgan fingerprint density at radius 1 is 0.968 bits per heavy atom. The Balaban J connectivity index is 1.29. The first kappa shape index (κ1) is 21.9. The minimum absolute atomic E-state index is 0.00883. The van der Waals surface area contributed by atoms with E-state index >= 15 is 0 Å². The van der Waals surface area contributed by atoms with Gasteiger partial charge in [-0.1, -0.05) is 19.3 Å². The minimum atomic E-state index is -3.69. The maximum Gasteiger partial charge on any atom is 0.243 e. The van der Waals surface area contributed by atoms with E-state index in [4.69, 9.17) is 9.47 Å². The van der Waals surface area contributed by atoms with Crippen LogP contribution in [0.25, 0.3) is 0 Å². The summed E-state index contributed by atoms with van der Waals surface area (Å²) in [5.41, 5.74) is 0. The van der Waals surface area contributed by atoms with E-state index in [1.807, 2.05) is 0 Å². The fourth-order valence-electron chi connectivity index (χ4n) is 4.29. The summed E-state index contributed by atoms with van der Waals surface area (Å²) >= 11 is 0. The number of nitrogens with one attached hydrogen (secondary N) is 1. The Bertz CT molecular complexity index is 921. The normalized spacial score (nSPS) is 20.3. The largest absolute Gasteiger partial charge is 0.486 e. The number of sulfonamides is 1. The lowest BCUT2D eigenvalue weighted by molar-refractivity contribution is -0.135. The van der Waals surface area contributed by atoms with Crippen molar-refractivity contribution in [3.05, 3.63) is 18.2 Å². The molecule has 170 valence electrons. The molecule has 9 nitrogen and oxygen atoms in total. The molecule has 2 heterocycles. The van der Waals surface area contributed by atoms with Gasteiger partial charge in [0.05, 0.1) is 11.4 Å². The highest BCUT2D eigenvalue weighted by Gasteiger charge is 2.31. The number of carbonyl (C=O) groups excluding carboxylic acids is 2. The van der Waals surface area contributed by atoms with Crippen LogP contribution in [0.3, 0.4) is 0 Å². The van der Waals surface area contributed by atoms with Crippen molar-refractivity contribution in [2.75, 3.05) is 45.9 Å². The van der Waals surface area contributed by atoms with Gasteiger partial charge in [-0.05, 0) is 25.0 Å². The van der Waals surface area contributed by atoms with Gasteiger partial charge in [-0.3, -0.25) is 9.59 Å². The Labute approximate surface area is 182 Å². The lowest BCUT2D eigenvalue weighted by Crippen LogP contribution is -2.52. The predicted molar refractivity (Wildman–Crippen MR) is 112 cm³/mol. The third-order valence-electron chi connectivity index (χ3n) is 6.13. The van der Waals surface area contributed by atoms with Crippen molar-refractivity contribution in [2.24, 2.45) is 5.92 Å². The molecule has 1 aromatic carbocycles. The zero-order valence-corrected chi connectivity index (χ0v) is 18.4. The number of rotatable bonds is 5. The Hall–Kier alpha value is -2.33. The maximum atomic E-state index is 13.0. The third-order valence-corrected chi connectivity index (χ3v) is 8.03. The molecule has 1 saturated heterocycles. The molecule has 0 atom stereocenters. The molecular formula is C21H29N3O6S. The number of fused-ring (bicyclic) bond motifs is 1. The monoisotopic (exact) mass is 451 g/mol. The number of piperazine rings is 1. The van der Waals surface area contributed by atoms with E-state index in [2.05, 4.69) is 5.32 Å². The minimum Gasteiger partial charge on any atom is -0.486 e. The van der Waals surface area contributed by atoms with Gasteiger partial charge in [0.1, 0.15) is 13.2 Å². The SMILES string of the molecule is O=C(NCC(=O)N1CCN(S(=O)(=O)c2ccc3c(c2)OCCO3)CC1)C1CCCCC1. The maximum absolute atomic E-state index is 13.0. The number of ether oxygens (including phenoxy) is 2. The number of hydrogen-bond acceptors (Lipinski definition) is 6. The lowest BCUT2D eigenvalue weighted by atomic mass is 9.89. The summed E-state index contributed by atoms with van der Waals surface area (Å²) in [7, 11) is -3.69. The van der Waals surface area contributed by atoms with Crippen molar-refractivity contribution in [2.45, 2.75) is 37.0 Å². The number of carbonyl (C=O) groups is 2. The van der Waals surface area contributed by atoms with Crippen LogP contribution in [-0.2, 0) is 19.6 Å². The summed E-state index contributed by atoms with van der Waals surface area (Å²) in [5.74, 6) is 0.744. The smallest absolute Gasteiger partial charge is 0.243 e. The molecule has 0 bridgehead atoms. The second kappa shape index (κ2) is 9.44. The number of hydrogen-bond donors (Lipinski definition) is 1. The van der Waals surface area contributed by atoms with Crippen LogP contribution in [0.15, 0.2) is 23.1 Å². The van der Waals surface area contributed by atoms with Crippen LogP contribution in [0, 0.1) is 5.92 Å². The molecule has 1 saturated carbocycles. The lowest BCUT2D eigenvalue weighted by Gasteiger charge is -2.34. The van der Waals surface area contributed by atoms with Crippen LogP contribution in [0.5, 0.6) is 11.5 Å². The molecule has 4 rings (SSSR count). The van der Waals surface area contributed by atoms with Gasteiger partial charge >= 0.3 is 0 Å². The zero-order valence-electron chi connectivity index (χ0n) is 17.5. The summed E-state index contributed by atoms with van der Waals surface area (Å²) in [6.45, 7) is 1.79. The van der Waals surface area contributed by atoms with Crippen molar-refractivity contribution < 1.29 is 27.5 Å². The quantitative estimate of drug-likeness (QED) is 0.716. The van der Waals surface area contributed by atoms with E-state index in [1.54, 1.807) is 11.0 Å². The topological polar surface area (TPSA) is 105 Å². The molecule has 1 aromatic rings. The fraction of sp³-hybridized carbons (Fsp3) is 0.619. The van der Waals surface area contributed by atoms with Crippen LogP contribution in [0.1, 0.15) is 32.1 Å². The molecule has 10 heteroatoms. The van der Waals surface area contributed by atoms with E-state index < -0.39 is 10.0 Å². The standard InChI is InChI=1S/C21H29N3O6S/c25-20(15-22-21(26)16-4-2-1-3-5-16)23-8-10-24(11-9-23)31(27,28)17-6-7-18-19(14-17)30-13-12-29-18/h6-7,14,16H,1-5,8-13,15H2,(H,22,26). The Morgan fingerprint density at radius 2 is 1.65 bits per heavy atom. The first-order valence-electron chi connectivity index (χ1n) is 10.9. The van der Waals surface area contributed by atoms with E-state index in [-0.39, 0.29) is 42.3 Å². The summed E-state index contributed by atoms with van der Waals surface area (Å²) < 4.78 is 38.3. The van der Waals surface area contributed by atoms with Gasteiger partial charge in [-0.15, -0.1) is 0 Å². The van der Waals surface area contributed by atoms with E-state index in [0.29, 0.717) is 37.8 Å². The molecule has 0 radical (unpaired) electrons. The molecule has 31 heavy (non-hydrogen) atoms. The highest BCUT2D eigenvalue weighted by Crippen LogP contribution is 2.33. The average molecular weight is 452 g/mol. The van der Waals surface area contributed by atoms with E-state index in [1.165, 1.54) is 22.9 Å². The first-order valence-corrected chi connectivity index (χ1v) is 12.3. The fourth-order valence-corrected chi connectivity index (χ4v) is 5.73. The van der Waals surface area contributed by atoms with Gasteiger partial charge < -0.3 is 19.7 Å². The molecular weight excluding hydrogens is 422 g/mol. The van der Waals surface area contributed by atoms with Gasteiger partial charge in [0.15, 0.2) is 11.5 Å². The Kier molecular flexibility index (Phi) is 6.66. The van der Waals surface area contributed by atoms with Crippen molar-refractivity contribution in [1.29, 1.82) is 0 Å². The van der Waals surface area contributed by atoms with Crippen molar-refractivity contribution >= 4 is 21.8 Å². The van der Waals surface area contributed by atoms with Crippen molar-refractivity contribution in [3.8, 4) is 11.5 Å². The zero-order chi connectivity index (χ0) is 21.8. The second-order valence-corrected chi connectivity index (χ2v) is 10.1. The summed E-state index contributed by atoms with van der Waals surface area (Å²) in [6.07, 6.45) is 5.06. The van der Waals surface area contributed by atoms with Crippen LogP contribution >= 0.6 is 0 Å². The van der Waals surface area contributed by atoms with Crippen LogP contribution in [-0.4, -0.2) is 75.4 Å². The summed E-state index contributed by atoms with van der Waals surface area (Å²) in [6, 6.07) is 4.61. The Morgan fingerprint density at radius 3 is 2.35 bits per heavy atom. The van der Waals surface area contributed by atoms with Gasteiger partial charge in [-0.25, -0.2) is 8.42 Å². The predicted octanol–water partition coefficient (Wildman–Crippen LogP) is 0.987. The number of benzene rings is 1. The van der Waals surface area contributed by atoms with Crippen LogP contribution < -0.4 is 14.8 Å². The summed E-state index contributed by atoms with van der Waals surface area (Å²) in [4.78, 5) is 26.5. The molecule has 1 aliphatic carbocycles. The highest BCUT2D eigenvalue weighted by atomic mass is 32.2. The molecule has 0 unspecified atom stereocenters. The molecule has 2 aliphatic heterocycles.